The number of phenols is 2. The Hall–Kier alpha value is -4.46. The SMILES string of the molecule is CCC(=NOC(=O)c1ccc(C(=O)ON=C(CC)c2ccccc2O)cc1)c1ccccc1O. The van der Waals surface area contributed by atoms with Crippen LogP contribution in [0.25, 0.3) is 0 Å². The van der Waals surface area contributed by atoms with Crippen molar-refractivity contribution in [3.05, 3.63) is 95.1 Å². The van der Waals surface area contributed by atoms with Crippen LogP contribution in [-0.4, -0.2) is 33.6 Å². The van der Waals surface area contributed by atoms with Gasteiger partial charge in [0.05, 0.1) is 22.6 Å². The summed E-state index contributed by atoms with van der Waals surface area (Å²) >= 11 is 0. The molecular weight excluding hydrogens is 436 g/mol. The lowest BCUT2D eigenvalue weighted by molar-refractivity contribution is 0.0502. The molecule has 0 bridgehead atoms. The van der Waals surface area contributed by atoms with Gasteiger partial charge >= 0.3 is 11.9 Å². The first-order valence-electron chi connectivity index (χ1n) is 10.7. The van der Waals surface area contributed by atoms with Crippen molar-refractivity contribution < 1.29 is 29.5 Å². The maximum Gasteiger partial charge on any atom is 0.365 e. The Bertz CT molecular complexity index is 1140. The Morgan fingerprint density at radius 1 is 0.647 bits per heavy atom. The molecule has 0 fully saturated rings. The summed E-state index contributed by atoms with van der Waals surface area (Å²) in [6.45, 7) is 3.65. The average molecular weight is 460 g/mol. The van der Waals surface area contributed by atoms with Crippen molar-refractivity contribution >= 4 is 23.4 Å². The number of para-hydroxylation sites is 2. The number of hydrogen-bond donors (Lipinski definition) is 2. The molecule has 174 valence electrons. The molecule has 0 aliphatic heterocycles. The molecule has 34 heavy (non-hydrogen) atoms. The molecule has 3 aromatic rings. The van der Waals surface area contributed by atoms with Gasteiger partial charge in [0.15, 0.2) is 0 Å². The summed E-state index contributed by atoms with van der Waals surface area (Å²) in [5, 5.41) is 27.7. The summed E-state index contributed by atoms with van der Waals surface area (Å²) in [6.07, 6.45) is 0.882. The Balaban J connectivity index is 1.67. The van der Waals surface area contributed by atoms with Crippen LogP contribution in [0.4, 0.5) is 0 Å². The molecular formula is C26H24N2O6. The summed E-state index contributed by atoms with van der Waals surface area (Å²) in [4.78, 5) is 34.7. The van der Waals surface area contributed by atoms with Crippen molar-refractivity contribution in [2.45, 2.75) is 26.7 Å². The van der Waals surface area contributed by atoms with E-state index in [1.54, 1.807) is 36.4 Å². The Kier molecular flexibility index (Phi) is 8.12. The first kappa shape index (κ1) is 24.2. The summed E-state index contributed by atoms with van der Waals surface area (Å²) in [5.74, 6) is -1.35. The summed E-state index contributed by atoms with van der Waals surface area (Å²) in [7, 11) is 0. The molecule has 2 N–H and O–H groups in total. The topological polar surface area (TPSA) is 118 Å². The average Bonchev–Trinajstić information content (AvgIpc) is 2.86. The monoisotopic (exact) mass is 460 g/mol. The molecule has 0 radical (unpaired) electrons. The number of oxime groups is 2. The smallest absolute Gasteiger partial charge is 0.365 e. The lowest BCUT2D eigenvalue weighted by atomic mass is 10.1. The van der Waals surface area contributed by atoms with E-state index in [0.717, 1.165) is 0 Å². The van der Waals surface area contributed by atoms with Crippen LogP contribution in [0.5, 0.6) is 11.5 Å². The highest BCUT2D eigenvalue weighted by Gasteiger charge is 2.14. The molecule has 0 atom stereocenters. The van der Waals surface area contributed by atoms with E-state index >= 15 is 0 Å². The van der Waals surface area contributed by atoms with Crippen LogP contribution in [0.1, 0.15) is 58.5 Å². The van der Waals surface area contributed by atoms with Gasteiger partial charge < -0.3 is 19.9 Å². The molecule has 0 saturated heterocycles. The third kappa shape index (κ3) is 5.86. The number of rotatable bonds is 8. The van der Waals surface area contributed by atoms with Gasteiger partial charge in [-0.05, 0) is 61.4 Å². The van der Waals surface area contributed by atoms with Gasteiger partial charge in [0, 0.05) is 11.1 Å². The fraction of sp³-hybridized carbons (Fsp3) is 0.154. The largest absolute Gasteiger partial charge is 0.507 e. The number of carbonyl (C=O) groups excluding carboxylic acids is 2. The lowest BCUT2D eigenvalue weighted by Crippen LogP contribution is -2.08. The molecule has 0 unspecified atom stereocenters. The first-order chi connectivity index (χ1) is 16.4. The van der Waals surface area contributed by atoms with Crippen LogP contribution in [0, 0.1) is 0 Å². The maximum absolute atomic E-state index is 12.4. The molecule has 0 aliphatic rings. The van der Waals surface area contributed by atoms with Crippen molar-refractivity contribution in [2.24, 2.45) is 10.3 Å². The molecule has 3 rings (SSSR count). The van der Waals surface area contributed by atoms with Gasteiger partial charge in [0.2, 0.25) is 0 Å². The van der Waals surface area contributed by atoms with Crippen molar-refractivity contribution in [1.82, 2.24) is 0 Å². The molecule has 0 spiro atoms. The van der Waals surface area contributed by atoms with Crippen molar-refractivity contribution in [1.29, 1.82) is 0 Å². The third-order valence-corrected chi connectivity index (χ3v) is 4.93. The summed E-state index contributed by atoms with van der Waals surface area (Å²) in [6, 6.07) is 18.9. The molecule has 0 aliphatic carbocycles. The summed E-state index contributed by atoms with van der Waals surface area (Å²) < 4.78 is 0. The Labute approximate surface area is 196 Å². The fourth-order valence-corrected chi connectivity index (χ4v) is 3.08. The minimum absolute atomic E-state index is 0.0402. The van der Waals surface area contributed by atoms with Gasteiger partial charge in [-0.25, -0.2) is 9.59 Å². The van der Waals surface area contributed by atoms with E-state index in [4.69, 9.17) is 9.68 Å². The number of nitrogens with zero attached hydrogens (tertiary/aromatic N) is 2. The van der Waals surface area contributed by atoms with Crippen LogP contribution in [0.3, 0.4) is 0 Å². The minimum atomic E-state index is -0.716. The number of carbonyl (C=O) groups is 2. The molecule has 8 heteroatoms. The maximum atomic E-state index is 12.4. The quantitative estimate of drug-likeness (QED) is 0.276. The van der Waals surface area contributed by atoms with E-state index in [9.17, 15) is 19.8 Å². The van der Waals surface area contributed by atoms with Crippen molar-refractivity contribution in [3.8, 4) is 11.5 Å². The van der Waals surface area contributed by atoms with E-state index in [2.05, 4.69) is 10.3 Å². The first-order valence-corrected chi connectivity index (χ1v) is 10.7. The van der Waals surface area contributed by atoms with Crippen molar-refractivity contribution in [3.63, 3.8) is 0 Å². The predicted octanol–water partition coefficient (Wildman–Crippen LogP) is 5.04. The molecule has 0 heterocycles. The van der Waals surface area contributed by atoms with Crippen LogP contribution in [-0.2, 0) is 9.68 Å². The summed E-state index contributed by atoms with van der Waals surface area (Å²) in [5.41, 5.74) is 2.15. The molecule has 3 aromatic carbocycles. The second kappa shape index (κ2) is 11.4. The zero-order valence-corrected chi connectivity index (χ0v) is 18.8. The number of benzene rings is 3. The zero-order chi connectivity index (χ0) is 24.5. The molecule has 0 saturated carbocycles. The second-order valence-corrected chi connectivity index (χ2v) is 7.15. The lowest BCUT2D eigenvalue weighted by Gasteiger charge is -2.07. The minimum Gasteiger partial charge on any atom is -0.507 e. The predicted molar refractivity (Wildman–Crippen MR) is 127 cm³/mol. The van der Waals surface area contributed by atoms with Crippen LogP contribution in [0.2, 0.25) is 0 Å². The highest BCUT2D eigenvalue weighted by molar-refractivity contribution is 6.03. The van der Waals surface area contributed by atoms with Gasteiger partial charge in [-0.1, -0.05) is 48.4 Å². The molecule has 8 nitrogen and oxygen atoms in total. The van der Waals surface area contributed by atoms with E-state index in [1.165, 1.54) is 36.4 Å². The number of hydrogen-bond acceptors (Lipinski definition) is 8. The second-order valence-electron chi connectivity index (χ2n) is 7.15. The zero-order valence-electron chi connectivity index (χ0n) is 18.8. The van der Waals surface area contributed by atoms with Gasteiger partial charge in [-0.15, -0.1) is 0 Å². The van der Waals surface area contributed by atoms with Crippen LogP contribution >= 0.6 is 0 Å². The van der Waals surface area contributed by atoms with Gasteiger partial charge in [0.1, 0.15) is 11.5 Å². The highest BCUT2D eigenvalue weighted by atomic mass is 16.7. The van der Waals surface area contributed by atoms with E-state index < -0.39 is 11.9 Å². The van der Waals surface area contributed by atoms with E-state index in [0.29, 0.717) is 35.4 Å². The highest BCUT2D eigenvalue weighted by Crippen LogP contribution is 2.20. The number of phenolic OH excluding ortho intramolecular Hbond substituents is 2. The van der Waals surface area contributed by atoms with E-state index in [1.807, 2.05) is 13.8 Å². The normalized spacial score (nSPS) is 11.7. The van der Waals surface area contributed by atoms with Crippen LogP contribution in [0.15, 0.2) is 83.1 Å². The number of aromatic hydroxyl groups is 2. The van der Waals surface area contributed by atoms with Gasteiger partial charge in [-0.2, -0.15) is 0 Å². The standard InChI is InChI=1S/C26H24N2O6/c1-3-21(19-9-5-7-11-23(19)29)27-33-25(31)17-13-15-18(16-14-17)26(32)34-28-22(4-2)20-10-6-8-12-24(20)30/h5-16,29-30H,3-4H2,1-2H3. The van der Waals surface area contributed by atoms with E-state index in [-0.39, 0.29) is 22.6 Å². The van der Waals surface area contributed by atoms with Gasteiger partial charge in [-0.3, -0.25) is 0 Å². The fourth-order valence-electron chi connectivity index (χ4n) is 3.08. The van der Waals surface area contributed by atoms with Crippen molar-refractivity contribution in [2.75, 3.05) is 0 Å². The molecule has 0 amide bonds. The Morgan fingerprint density at radius 3 is 1.32 bits per heavy atom. The molecule has 0 aromatic heterocycles. The third-order valence-electron chi connectivity index (χ3n) is 4.93. The van der Waals surface area contributed by atoms with Crippen LogP contribution < -0.4 is 0 Å². The van der Waals surface area contributed by atoms with Gasteiger partial charge in [0.25, 0.3) is 0 Å². The Morgan fingerprint density at radius 2 is 1.00 bits per heavy atom.